The number of H-pyrrole nitrogens is 1. The van der Waals surface area contributed by atoms with Crippen LogP contribution in [0.1, 0.15) is 5.56 Å². The molecule has 5 heteroatoms. The van der Waals surface area contributed by atoms with Crippen LogP contribution < -0.4 is 0 Å². The van der Waals surface area contributed by atoms with Crippen molar-refractivity contribution in [2.45, 2.75) is 6.42 Å². The van der Waals surface area contributed by atoms with Gasteiger partial charge in [-0.25, -0.2) is 0 Å². The van der Waals surface area contributed by atoms with E-state index in [1.165, 1.54) is 0 Å². The number of hydrogen-bond donors (Lipinski definition) is 2. The van der Waals surface area contributed by atoms with Crippen molar-refractivity contribution >= 4 is 44.4 Å². The van der Waals surface area contributed by atoms with Crippen LogP contribution in [0.5, 0.6) is 0 Å². The van der Waals surface area contributed by atoms with Gasteiger partial charge < -0.3 is 10.1 Å². The Kier molecular flexibility index (Phi) is 2.71. The minimum absolute atomic E-state index is 0.00801. The van der Waals surface area contributed by atoms with E-state index < -0.39 is 5.97 Å². The highest BCUT2D eigenvalue weighted by Gasteiger charge is 2.09. The van der Waals surface area contributed by atoms with Crippen molar-refractivity contribution in [1.82, 2.24) is 4.98 Å². The monoisotopic (exact) mass is 287 g/mol. The van der Waals surface area contributed by atoms with E-state index >= 15 is 0 Å². The second-order valence-corrected chi connectivity index (χ2v) is 4.46. The minimum Gasteiger partial charge on any atom is -0.481 e. The molecule has 0 fully saturated rings. The van der Waals surface area contributed by atoms with E-state index in [4.69, 9.17) is 16.7 Å². The van der Waals surface area contributed by atoms with Gasteiger partial charge in [-0.15, -0.1) is 0 Å². The second-order valence-electron chi connectivity index (χ2n) is 3.20. The van der Waals surface area contributed by atoms with Gasteiger partial charge in [0.15, 0.2) is 0 Å². The van der Waals surface area contributed by atoms with Crippen molar-refractivity contribution in [1.29, 1.82) is 0 Å². The maximum absolute atomic E-state index is 10.6. The summed E-state index contributed by atoms with van der Waals surface area (Å²) in [6.45, 7) is 0. The van der Waals surface area contributed by atoms with E-state index in [2.05, 4.69) is 20.9 Å². The number of aromatic nitrogens is 1. The van der Waals surface area contributed by atoms with Crippen LogP contribution in [-0.4, -0.2) is 16.1 Å². The SMILES string of the molecule is O=C(O)Cc1c[nH]c2cc(Cl)c(Br)cc12. The quantitative estimate of drug-likeness (QED) is 0.891. The molecule has 0 aliphatic carbocycles. The normalized spacial score (nSPS) is 10.8. The van der Waals surface area contributed by atoms with Gasteiger partial charge in [-0.3, -0.25) is 4.79 Å². The predicted octanol–water partition coefficient (Wildman–Crippen LogP) is 3.21. The molecule has 0 aliphatic rings. The summed E-state index contributed by atoms with van der Waals surface area (Å²) in [6, 6.07) is 3.60. The minimum atomic E-state index is -0.845. The Balaban J connectivity index is 2.59. The standard InChI is InChI=1S/C10H7BrClNO2/c11-7-2-6-5(1-10(14)15)4-13-9(6)3-8(7)12/h2-4,13H,1H2,(H,14,15). The van der Waals surface area contributed by atoms with Gasteiger partial charge >= 0.3 is 5.97 Å². The van der Waals surface area contributed by atoms with Gasteiger partial charge in [-0.05, 0) is 33.6 Å². The Hall–Kier alpha value is -1.000. The molecule has 78 valence electrons. The van der Waals surface area contributed by atoms with Crippen molar-refractivity contribution in [3.05, 3.63) is 33.4 Å². The second kappa shape index (κ2) is 3.87. The zero-order valence-corrected chi connectivity index (χ0v) is 9.89. The molecule has 0 saturated heterocycles. The van der Waals surface area contributed by atoms with Crippen LogP contribution >= 0.6 is 27.5 Å². The largest absolute Gasteiger partial charge is 0.481 e. The number of benzene rings is 1. The van der Waals surface area contributed by atoms with Crippen LogP contribution in [0.25, 0.3) is 10.9 Å². The molecule has 2 rings (SSSR count). The summed E-state index contributed by atoms with van der Waals surface area (Å²) in [6.07, 6.45) is 1.70. The van der Waals surface area contributed by atoms with Crippen LogP contribution in [0.2, 0.25) is 5.02 Å². The molecule has 0 bridgehead atoms. The van der Waals surface area contributed by atoms with Crippen molar-refractivity contribution in [3.8, 4) is 0 Å². The molecule has 1 heterocycles. The summed E-state index contributed by atoms with van der Waals surface area (Å²) in [7, 11) is 0. The van der Waals surface area contributed by atoms with Gasteiger partial charge in [0.1, 0.15) is 0 Å². The van der Waals surface area contributed by atoms with Crippen molar-refractivity contribution in [2.24, 2.45) is 0 Å². The number of carboxylic acid groups (broad SMARTS) is 1. The van der Waals surface area contributed by atoms with E-state index in [1.807, 2.05) is 6.07 Å². The lowest BCUT2D eigenvalue weighted by Crippen LogP contribution is -1.98. The number of fused-ring (bicyclic) bond motifs is 1. The molecule has 0 atom stereocenters. The maximum atomic E-state index is 10.6. The number of halogens is 2. The fourth-order valence-corrected chi connectivity index (χ4v) is 1.99. The number of carboxylic acids is 1. The third kappa shape index (κ3) is 2.01. The maximum Gasteiger partial charge on any atom is 0.307 e. The first-order valence-corrected chi connectivity index (χ1v) is 5.42. The van der Waals surface area contributed by atoms with Crippen LogP contribution in [-0.2, 0) is 11.2 Å². The zero-order chi connectivity index (χ0) is 11.0. The molecule has 0 unspecified atom stereocenters. The molecule has 2 N–H and O–H groups in total. The molecule has 0 spiro atoms. The van der Waals surface area contributed by atoms with Gasteiger partial charge in [0, 0.05) is 21.6 Å². The first-order valence-electron chi connectivity index (χ1n) is 4.24. The number of hydrogen-bond acceptors (Lipinski definition) is 1. The smallest absolute Gasteiger partial charge is 0.307 e. The summed E-state index contributed by atoms with van der Waals surface area (Å²) in [4.78, 5) is 13.6. The molecule has 15 heavy (non-hydrogen) atoms. The Labute approximate surface area is 99.2 Å². The molecule has 3 nitrogen and oxygen atoms in total. The van der Waals surface area contributed by atoms with Crippen LogP contribution in [0, 0.1) is 0 Å². The van der Waals surface area contributed by atoms with E-state index in [0.717, 1.165) is 20.9 Å². The van der Waals surface area contributed by atoms with Gasteiger partial charge in [0.2, 0.25) is 0 Å². The van der Waals surface area contributed by atoms with E-state index in [9.17, 15) is 4.79 Å². The predicted molar refractivity (Wildman–Crippen MR) is 62.3 cm³/mol. The lowest BCUT2D eigenvalue weighted by atomic mass is 10.1. The molecule has 0 radical (unpaired) electrons. The van der Waals surface area contributed by atoms with Gasteiger partial charge in [0.25, 0.3) is 0 Å². The highest BCUT2D eigenvalue weighted by Crippen LogP contribution is 2.29. The highest BCUT2D eigenvalue weighted by molar-refractivity contribution is 9.10. The molecule has 0 saturated carbocycles. The lowest BCUT2D eigenvalue weighted by Gasteiger charge is -1.98. The average molecular weight is 289 g/mol. The molecular weight excluding hydrogens is 281 g/mol. The molecule has 0 amide bonds. The highest BCUT2D eigenvalue weighted by atomic mass is 79.9. The zero-order valence-electron chi connectivity index (χ0n) is 7.55. The third-order valence-corrected chi connectivity index (χ3v) is 3.35. The van der Waals surface area contributed by atoms with Crippen LogP contribution in [0.3, 0.4) is 0 Å². The Morgan fingerprint density at radius 1 is 1.53 bits per heavy atom. The van der Waals surface area contributed by atoms with E-state index in [0.29, 0.717) is 5.02 Å². The molecule has 1 aromatic heterocycles. The van der Waals surface area contributed by atoms with Crippen molar-refractivity contribution < 1.29 is 9.90 Å². The summed E-state index contributed by atoms with van der Waals surface area (Å²) in [5, 5.41) is 10.2. The van der Waals surface area contributed by atoms with Crippen molar-refractivity contribution in [3.63, 3.8) is 0 Å². The van der Waals surface area contributed by atoms with E-state index in [-0.39, 0.29) is 6.42 Å². The molecule has 2 aromatic rings. The average Bonchev–Trinajstić information content (AvgIpc) is 2.49. The Morgan fingerprint density at radius 2 is 2.27 bits per heavy atom. The summed E-state index contributed by atoms with van der Waals surface area (Å²) < 4.78 is 0.767. The Morgan fingerprint density at radius 3 is 2.93 bits per heavy atom. The number of carbonyl (C=O) groups is 1. The fraction of sp³-hybridized carbons (Fsp3) is 0.100. The van der Waals surface area contributed by atoms with Crippen molar-refractivity contribution in [2.75, 3.05) is 0 Å². The summed E-state index contributed by atoms with van der Waals surface area (Å²) in [5.74, 6) is -0.845. The Bertz CT molecular complexity index is 535. The van der Waals surface area contributed by atoms with Gasteiger partial charge in [-0.2, -0.15) is 0 Å². The van der Waals surface area contributed by atoms with Gasteiger partial charge in [-0.1, -0.05) is 11.6 Å². The number of rotatable bonds is 2. The topological polar surface area (TPSA) is 53.1 Å². The molecular formula is C10H7BrClNO2. The fourth-order valence-electron chi connectivity index (χ4n) is 1.48. The third-order valence-electron chi connectivity index (χ3n) is 2.15. The molecule has 0 aliphatic heterocycles. The summed E-state index contributed by atoms with van der Waals surface area (Å²) >= 11 is 9.23. The number of aliphatic carboxylic acids is 1. The van der Waals surface area contributed by atoms with Gasteiger partial charge in [0.05, 0.1) is 11.4 Å². The first-order chi connectivity index (χ1) is 7.08. The molecule has 1 aromatic carbocycles. The first kappa shape index (κ1) is 10.5. The lowest BCUT2D eigenvalue weighted by molar-refractivity contribution is -0.136. The number of aromatic amines is 1. The number of nitrogens with one attached hydrogen (secondary N) is 1. The van der Waals surface area contributed by atoms with Crippen LogP contribution in [0.15, 0.2) is 22.8 Å². The summed E-state index contributed by atoms with van der Waals surface area (Å²) in [5.41, 5.74) is 1.61. The van der Waals surface area contributed by atoms with E-state index in [1.54, 1.807) is 12.3 Å². The van der Waals surface area contributed by atoms with Crippen LogP contribution in [0.4, 0.5) is 0 Å².